The fraction of sp³-hybridized carbons (Fsp3) is 0.423. The number of hydrogen-bond donors (Lipinski definition) is 1. The topological polar surface area (TPSA) is 113 Å². The van der Waals surface area contributed by atoms with Crippen LogP contribution in [-0.2, 0) is 19.1 Å². The minimum Gasteiger partial charge on any atom is -0.497 e. The lowest BCUT2D eigenvalue weighted by Gasteiger charge is -2.32. The van der Waals surface area contributed by atoms with Crippen LogP contribution in [0.15, 0.2) is 36.4 Å². The SMILES string of the molecule is CCC[C@]1(C(=O)OC)N[C@H](c2ccc(OC)cc2OC)[C@H]2C(=O)N(c3ccc4c(c3)OCO4)C(=O)[C@@H]21. The minimum absolute atomic E-state index is 0.0666. The second kappa shape index (κ2) is 9.02. The van der Waals surface area contributed by atoms with Crippen molar-refractivity contribution >= 4 is 23.5 Å². The van der Waals surface area contributed by atoms with E-state index in [4.69, 9.17) is 23.7 Å². The summed E-state index contributed by atoms with van der Waals surface area (Å²) < 4.78 is 26.9. The van der Waals surface area contributed by atoms with Crippen LogP contribution in [0.5, 0.6) is 23.0 Å². The highest BCUT2D eigenvalue weighted by Gasteiger charge is 2.68. The van der Waals surface area contributed by atoms with E-state index >= 15 is 0 Å². The number of fused-ring (bicyclic) bond motifs is 2. The van der Waals surface area contributed by atoms with Gasteiger partial charge in [0.1, 0.15) is 17.0 Å². The number of hydrogen-bond acceptors (Lipinski definition) is 9. The number of nitrogens with one attached hydrogen (secondary N) is 1. The van der Waals surface area contributed by atoms with Crippen LogP contribution < -0.4 is 29.2 Å². The Morgan fingerprint density at radius 3 is 2.53 bits per heavy atom. The summed E-state index contributed by atoms with van der Waals surface area (Å²) >= 11 is 0. The molecule has 0 unspecified atom stereocenters. The normalized spacial score (nSPS) is 26.2. The molecule has 10 heteroatoms. The van der Waals surface area contributed by atoms with Crippen LogP contribution in [0, 0.1) is 11.8 Å². The number of anilines is 1. The molecule has 0 spiro atoms. The number of benzene rings is 2. The number of amides is 2. The first-order chi connectivity index (χ1) is 17.4. The molecule has 0 aromatic heterocycles. The summed E-state index contributed by atoms with van der Waals surface area (Å²) in [5.41, 5.74) is -0.384. The molecule has 0 saturated carbocycles. The third kappa shape index (κ3) is 3.39. The van der Waals surface area contributed by atoms with Gasteiger partial charge in [-0.25, -0.2) is 4.90 Å². The maximum atomic E-state index is 14.0. The van der Waals surface area contributed by atoms with Crippen molar-refractivity contribution in [2.75, 3.05) is 33.0 Å². The largest absolute Gasteiger partial charge is 0.497 e. The number of carbonyl (C=O) groups excluding carboxylic acids is 3. The highest BCUT2D eigenvalue weighted by Crippen LogP contribution is 2.53. The van der Waals surface area contributed by atoms with Crippen LogP contribution in [0.25, 0.3) is 0 Å². The molecular weight excluding hydrogens is 468 g/mol. The Labute approximate surface area is 208 Å². The maximum Gasteiger partial charge on any atom is 0.326 e. The third-order valence-corrected chi connectivity index (χ3v) is 7.24. The molecule has 4 atom stereocenters. The number of esters is 1. The van der Waals surface area contributed by atoms with Crippen molar-refractivity contribution in [1.82, 2.24) is 5.32 Å². The van der Waals surface area contributed by atoms with Gasteiger partial charge in [0.15, 0.2) is 11.5 Å². The van der Waals surface area contributed by atoms with Gasteiger partial charge in [-0.2, -0.15) is 0 Å². The summed E-state index contributed by atoms with van der Waals surface area (Å²) in [6.45, 7) is 1.98. The number of rotatable bonds is 7. The van der Waals surface area contributed by atoms with Gasteiger partial charge in [-0.1, -0.05) is 19.4 Å². The molecule has 190 valence electrons. The molecule has 2 fully saturated rings. The Bertz CT molecular complexity index is 1230. The molecule has 2 aromatic carbocycles. The molecule has 2 saturated heterocycles. The number of ether oxygens (including phenoxy) is 5. The van der Waals surface area contributed by atoms with Crippen molar-refractivity contribution < 1.29 is 38.1 Å². The molecule has 5 rings (SSSR count). The minimum atomic E-state index is -1.39. The molecule has 1 N–H and O–H groups in total. The van der Waals surface area contributed by atoms with Crippen LogP contribution in [0.2, 0.25) is 0 Å². The first kappa shape index (κ1) is 23.9. The zero-order chi connectivity index (χ0) is 25.6. The molecule has 2 aromatic rings. The van der Waals surface area contributed by atoms with Crippen molar-refractivity contribution in [2.45, 2.75) is 31.3 Å². The molecule has 3 aliphatic heterocycles. The van der Waals surface area contributed by atoms with Crippen LogP contribution in [0.4, 0.5) is 5.69 Å². The lowest BCUT2D eigenvalue weighted by molar-refractivity contribution is -0.152. The molecule has 0 bridgehead atoms. The van der Waals surface area contributed by atoms with Gasteiger partial charge >= 0.3 is 5.97 Å². The average Bonchev–Trinajstić information content (AvgIpc) is 3.57. The maximum absolute atomic E-state index is 14.0. The fourth-order valence-electron chi connectivity index (χ4n) is 5.72. The predicted molar refractivity (Wildman–Crippen MR) is 127 cm³/mol. The van der Waals surface area contributed by atoms with E-state index in [0.717, 1.165) is 4.90 Å². The van der Waals surface area contributed by atoms with Gasteiger partial charge in [0.25, 0.3) is 0 Å². The second-order valence-corrected chi connectivity index (χ2v) is 9.00. The monoisotopic (exact) mass is 496 g/mol. The highest BCUT2D eigenvalue weighted by atomic mass is 16.7. The fourth-order valence-corrected chi connectivity index (χ4v) is 5.72. The summed E-state index contributed by atoms with van der Waals surface area (Å²) in [6.07, 6.45) is 0.896. The first-order valence-corrected chi connectivity index (χ1v) is 11.8. The Kier molecular flexibility index (Phi) is 5.99. The molecule has 0 aliphatic carbocycles. The lowest BCUT2D eigenvalue weighted by atomic mass is 9.77. The van der Waals surface area contributed by atoms with Crippen molar-refractivity contribution in [3.8, 4) is 23.0 Å². The molecule has 3 heterocycles. The molecular formula is C26H28N2O8. The summed E-state index contributed by atoms with van der Waals surface area (Å²) in [5, 5.41) is 3.35. The van der Waals surface area contributed by atoms with Gasteiger partial charge in [0, 0.05) is 23.7 Å². The summed E-state index contributed by atoms with van der Waals surface area (Å²) in [5.74, 6) is -1.26. The number of imide groups is 1. The van der Waals surface area contributed by atoms with Crippen molar-refractivity contribution in [2.24, 2.45) is 11.8 Å². The van der Waals surface area contributed by atoms with Gasteiger partial charge in [-0.3, -0.25) is 19.7 Å². The molecule has 3 aliphatic rings. The van der Waals surface area contributed by atoms with E-state index in [1.165, 1.54) is 14.2 Å². The van der Waals surface area contributed by atoms with Crippen LogP contribution in [0.1, 0.15) is 31.4 Å². The zero-order valence-corrected chi connectivity index (χ0v) is 20.5. The van der Waals surface area contributed by atoms with E-state index < -0.39 is 41.2 Å². The van der Waals surface area contributed by atoms with Gasteiger partial charge in [-0.15, -0.1) is 0 Å². The van der Waals surface area contributed by atoms with Crippen LogP contribution in [-0.4, -0.2) is 51.4 Å². The molecule has 10 nitrogen and oxygen atoms in total. The van der Waals surface area contributed by atoms with E-state index in [0.29, 0.717) is 47.1 Å². The van der Waals surface area contributed by atoms with Gasteiger partial charge < -0.3 is 23.7 Å². The predicted octanol–water partition coefficient (Wildman–Crippen LogP) is 2.59. The van der Waals surface area contributed by atoms with Crippen molar-refractivity contribution in [3.63, 3.8) is 0 Å². The van der Waals surface area contributed by atoms with Crippen LogP contribution >= 0.6 is 0 Å². The number of methoxy groups -OCH3 is 3. The Balaban J connectivity index is 1.65. The lowest BCUT2D eigenvalue weighted by Crippen LogP contribution is -2.56. The Hall–Kier alpha value is -3.79. The zero-order valence-electron chi connectivity index (χ0n) is 20.5. The molecule has 2 amide bonds. The van der Waals surface area contributed by atoms with Crippen molar-refractivity contribution in [3.05, 3.63) is 42.0 Å². The van der Waals surface area contributed by atoms with E-state index in [2.05, 4.69) is 5.32 Å². The van der Waals surface area contributed by atoms with E-state index in [1.54, 1.807) is 43.5 Å². The number of carbonyl (C=O) groups is 3. The van der Waals surface area contributed by atoms with E-state index in [-0.39, 0.29) is 6.79 Å². The van der Waals surface area contributed by atoms with Crippen LogP contribution in [0.3, 0.4) is 0 Å². The quantitative estimate of drug-likeness (QED) is 0.457. The third-order valence-electron chi connectivity index (χ3n) is 7.24. The summed E-state index contributed by atoms with van der Waals surface area (Å²) in [4.78, 5) is 42.4. The second-order valence-electron chi connectivity index (χ2n) is 9.00. The highest BCUT2D eigenvalue weighted by molar-refractivity contribution is 6.24. The van der Waals surface area contributed by atoms with Gasteiger partial charge in [0.2, 0.25) is 18.6 Å². The van der Waals surface area contributed by atoms with Gasteiger partial charge in [-0.05, 0) is 24.6 Å². The first-order valence-electron chi connectivity index (χ1n) is 11.8. The molecule has 36 heavy (non-hydrogen) atoms. The average molecular weight is 497 g/mol. The smallest absolute Gasteiger partial charge is 0.326 e. The number of nitrogens with zero attached hydrogens (tertiary/aromatic N) is 1. The standard InChI is InChI=1S/C26H28N2O8/c1-5-10-26(25(31)34-4)21-20(22(27-26)16-8-7-15(32-2)12-18(16)33-3)23(29)28(24(21)30)14-6-9-17-19(11-14)36-13-35-17/h6-9,11-12,20-22,27H,5,10,13H2,1-4H3/t20-,21+,22+,26-/m0/s1. The Morgan fingerprint density at radius 2 is 1.83 bits per heavy atom. The van der Waals surface area contributed by atoms with Gasteiger partial charge in [0.05, 0.1) is 38.9 Å². The van der Waals surface area contributed by atoms with E-state index in [9.17, 15) is 14.4 Å². The summed E-state index contributed by atoms with van der Waals surface area (Å²) in [7, 11) is 4.35. The van der Waals surface area contributed by atoms with Crippen molar-refractivity contribution in [1.29, 1.82) is 0 Å². The molecule has 0 radical (unpaired) electrons. The summed E-state index contributed by atoms with van der Waals surface area (Å²) in [6, 6.07) is 9.47. The Morgan fingerprint density at radius 1 is 1.06 bits per heavy atom. The van der Waals surface area contributed by atoms with E-state index in [1.807, 2.05) is 6.92 Å².